The summed E-state index contributed by atoms with van der Waals surface area (Å²) in [7, 11) is 0. The largest absolute Gasteiger partial charge is 0.383 e. The summed E-state index contributed by atoms with van der Waals surface area (Å²) in [6.45, 7) is 8.74. The predicted octanol–water partition coefficient (Wildman–Crippen LogP) is 2.27. The Morgan fingerprint density at radius 2 is 1.93 bits per heavy atom. The van der Waals surface area contributed by atoms with Crippen molar-refractivity contribution in [3.05, 3.63) is 60.8 Å². The zero-order valence-electron chi connectivity index (χ0n) is 15.4. The van der Waals surface area contributed by atoms with E-state index in [1.54, 1.807) is 0 Å². The molecule has 0 aromatic carbocycles. The van der Waals surface area contributed by atoms with Gasteiger partial charge < -0.3 is 15.1 Å². The molecule has 0 atom stereocenters. The molecule has 7 heteroatoms. The second-order valence-electron chi connectivity index (χ2n) is 6.71. The average molecular weight is 363 g/mol. The summed E-state index contributed by atoms with van der Waals surface area (Å²) < 4.78 is 0. The van der Waals surface area contributed by atoms with Crippen molar-refractivity contribution in [2.45, 2.75) is 12.8 Å². The molecule has 0 amide bonds. The number of anilines is 2. The molecule has 27 heavy (non-hydrogen) atoms. The Kier molecular flexibility index (Phi) is 5.18. The van der Waals surface area contributed by atoms with Crippen molar-refractivity contribution in [1.82, 2.24) is 20.3 Å². The lowest BCUT2D eigenvalue weighted by molar-refractivity contribution is 0.302. The molecule has 0 radical (unpaired) electrons. The summed E-state index contributed by atoms with van der Waals surface area (Å²) in [6, 6.07) is 10.0. The van der Waals surface area contributed by atoms with Gasteiger partial charge in [0.25, 0.3) is 0 Å². The Morgan fingerprint density at radius 3 is 2.74 bits per heavy atom. The quantitative estimate of drug-likeness (QED) is 0.813. The van der Waals surface area contributed by atoms with Gasteiger partial charge in [-0.15, -0.1) is 0 Å². The van der Waals surface area contributed by atoms with Crippen LogP contribution < -0.4 is 15.6 Å². The zero-order valence-corrected chi connectivity index (χ0v) is 15.4. The van der Waals surface area contributed by atoms with E-state index in [0.717, 1.165) is 74.3 Å². The van der Waals surface area contributed by atoms with Crippen LogP contribution in [0.2, 0.25) is 0 Å². The first-order valence-corrected chi connectivity index (χ1v) is 9.43. The van der Waals surface area contributed by atoms with Gasteiger partial charge in [0.05, 0.1) is 11.4 Å². The number of hydrogen-bond acceptors (Lipinski definition) is 7. The van der Waals surface area contributed by atoms with Crippen LogP contribution >= 0.6 is 0 Å². The lowest BCUT2D eigenvalue weighted by Crippen LogP contribution is -2.47. The van der Waals surface area contributed by atoms with Crippen molar-refractivity contribution in [3.63, 3.8) is 0 Å². The Balaban J connectivity index is 1.37. The normalized spacial score (nSPS) is 18.4. The molecule has 1 fully saturated rings. The molecule has 2 aliphatic heterocycles. The smallest absolute Gasteiger partial charge is 0.128 e. The Morgan fingerprint density at radius 1 is 1.07 bits per heavy atom. The maximum atomic E-state index is 4.63. The Labute approximate surface area is 159 Å². The van der Waals surface area contributed by atoms with E-state index in [-0.39, 0.29) is 0 Å². The van der Waals surface area contributed by atoms with Crippen LogP contribution in [-0.2, 0) is 0 Å². The third-order valence-electron chi connectivity index (χ3n) is 4.94. The molecule has 2 N–H and O–H groups in total. The lowest BCUT2D eigenvalue weighted by atomic mass is 10.1. The number of rotatable bonds is 4. The van der Waals surface area contributed by atoms with Crippen LogP contribution in [0.5, 0.6) is 0 Å². The molecule has 4 rings (SSSR count). The maximum absolute atomic E-state index is 4.63. The lowest BCUT2D eigenvalue weighted by Gasteiger charge is -2.37. The van der Waals surface area contributed by atoms with Crippen LogP contribution in [0, 0.1) is 0 Å². The molecule has 4 heterocycles. The van der Waals surface area contributed by atoms with Crippen LogP contribution in [0.15, 0.2) is 60.2 Å². The highest BCUT2D eigenvalue weighted by Crippen LogP contribution is 2.19. The Bertz CT molecular complexity index is 810. The summed E-state index contributed by atoms with van der Waals surface area (Å²) >= 11 is 0. The third-order valence-corrected chi connectivity index (χ3v) is 4.94. The standard InChI is InChI=1S/C20H25N7/c1-16(26-12-14-27(15-13-26)19-8-2-3-9-22-19)24-25-18-7-5-10-21-17-6-4-11-23-20(17)18/h2-4,6,8-9,11,21,24H,1,5,7,10,12-15H2/b25-18-. The molecule has 1 saturated heterocycles. The third kappa shape index (κ3) is 4.02. The van der Waals surface area contributed by atoms with Gasteiger partial charge in [-0.05, 0) is 37.1 Å². The topological polar surface area (TPSA) is 68.7 Å². The fourth-order valence-electron chi connectivity index (χ4n) is 3.43. The van der Waals surface area contributed by atoms with E-state index in [9.17, 15) is 0 Å². The number of nitrogens with one attached hydrogen (secondary N) is 2. The summed E-state index contributed by atoms with van der Waals surface area (Å²) in [6.07, 6.45) is 5.58. The molecule has 0 saturated carbocycles. The first kappa shape index (κ1) is 17.3. The van der Waals surface area contributed by atoms with Crippen LogP contribution in [0.3, 0.4) is 0 Å². The highest BCUT2D eigenvalue weighted by molar-refractivity contribution is 6.03. The molecular weight excluding hydrogens is 338 g/mol. The van der Waals surface area contributed by atoms with Gasteiger partial charge in [-0.1, -0.05) is 12.6 Å². The van der Waals surface area contributed by atoms with Crippen molar-refractivity contribution in [3.8, 4) is 0 Å². The van der Waals surface area contributed by atoms with E-state index < -0.39 is 0 Å². The van der Waals surface area contributed by atoms with E-state index in [1.165, 1.54) is 0 Å². The number of fused-ring (bicyclic) bond motifs is 1. The van der Waals surface area contributed by atoms with Gasteiger partial charge in [0, 0.05) is 45.1 Å². The number of piperazine rings is 1. The molecule has 0 aliphatic carbocycles. The minimum Gasteiger partial charge on any atom is -0.383 e. The molecule has 2 aliphatic rings. The first-order valence-electron chi connectivity index (χ1n) is 9.43. The molecule has 7 nitrogen and oxygen atoms in total. The number of pyridine rings is 2. The second-order valence-corrected chi connectivity index (χ2v) is 6.71. The fourth-order valence-corrected chi connectivity index (χ4v) is 3.43. The fraction of sp³-hybridized carbons (Fsp3) is 0.350. The van der Waals surface area contributed by atoms with Gasteiger partial charge in [-0.3, -0.25) is 10.4 Å². The SMILES string of the molecule is C=C(N/N=C1/CCCNc2cccnc21)N1CCN(c2ccccn2)CC1. The van der Waals surface area contributed by atoms with Crippen LogP contribution in [0.25, 0.3) is 0 Å². The number of aromatic nitrogens is 2. The van der Waals surface area contributed by atoms with Gasteiger partial charge in [0.15, 0.2) is 0 Å². The van der Waals surface area contributed by atoms with Crippen molar-refractivity contribution >= 4 is 17.2 Å². The first-order chi connectivity index (χ1) is 13.3. The molecule has 0 unspecified atom stereocenters. The van der Waals surface area contributed by atoms with Crippen LogP contribution in [0.4, 0.5) is 11.5 Å². The predicted molar refractivity (Wildman–Crippen MR) is 109 cm³/mol. The summed E-state index contributed by atoms with van der Waals surface area (Å²) in [4.78, 5) is 13.5. The number of nitrogens with zero attached hydrogens (tertiary/aromatic N) is 5. The maximum Gasteiger partial charge on any atom is 0.128 e. The van der Waals surface area contributed by atoms with E-state index in [0.29, 0.717) is 0 Å². The van der Waals surface area contributed by atoms with Crippen molar-refractivity contribution in [1.29, 1.82) is 0 Å². The zero-order chi connectivity index (χ0) is 18.5. The van der Waals surface area contributed by atoms with Gasteiger partial charge >= 0.3 is 0 Å². The van der Waals surface area contributed by atoms with E-state index in [4.69, 9.17) is 0 Å². The molecule has 140 valence electrons. The van der Waals surface area contributed by atoms with Gasteiger partial charge in [0.1, 0.15) is 17.3 Å². The van der Waals surface area contributed by atoms with Crippen molar-refractivity contribution in [2.24, 2.45) is 5.10 Å². The minimum absolute atomic E-state index is 0.831. The van der Waals surface area contributed by atoms with Gasteiger partial charge in [-0.2, -0.15) is 5.10 Å². The van der Waals surface area contributed by atoms with Crippen LogP contribution in [0.1, 0.15) is 18.5 Å². The molecule has 0 spiro atoms. The van der Waals surface area contributed by atoms with E-state index in [2.05, 4.69) is 54.3 Å². The Hall–Kier alpha value is -3.09. The van der Waals surface area contributed by atoms with Crippen molar-refractivity contribution < 1.29 is 0 Å². The molecule has 2 aromatic rings. The monoisotopic (exact) mass is 363 g/mol. The van der Waals surface area contributed by atoms with E-state index >= 15 is 0 Å². The second kappa shape index (κ2) is 8.07. The van der Waals surface area contributed by atoms with Gasteiger partial charge in [0.2, 0.25) is 0 Å². The van der Waals surface area contributed by atoms with Gasteiger partial charge in [-0.25, -0.2) is 4.98 Å². The van der Waals surface area contributed by atoms with Crippen molar-refractivity contribution in [2.75, 3.05) is 42.9 Å². The highest BCUT2D eigenvalue weighted by Gasteiger charge is 2.19. The molecule has 0 bridgehead atoms. The average Bonchev–Trinajstić information content (AvgIpc) is 2.95. The van der Waals surface area contributed by atoms with Crippen LogP contribution in [-0.4, -0.2) is 53.3 Å². The number of hydrogen-bond donors (Lipinski definition) is 2. The minimum atomic E-state index is 0.831. The number of hydrazone groups is 1. The summed E-state index contributed by atoms with van der Waals surface area (Å²) in [5.41, 5.74) is 6.11. The summed E-state index contributed by atoms with van der Waals surface area (Å²) in [5, 5.41) is 8.04. The van der Waals surface area contributed by atoms with E-state index in [1.807, 2.05) is 30.6 Å². The molecule has 2 aromatic heterocycles. The molecular formula is C20H25N7. The summed E-state index contributed by atoms with van der Waals surface area (Å²) in [5.74, 6) is 1.86. The highest BCUT2D eigenvalue weighted by atomic mass is 15.4.